The Labute approximate surface area is 136 Å². The maximum atomic E-state index is 10.2. The van der Waals surface area contributed by atoms with Gasteiger partial charge in [0.2, 0.25) is 0 Å². The topological polar surface area (TPSA) is 40.5 Å². The van der Waals surface area contributed by atoms with Crippen LogP contribution in [0.4, 0.5) is 0 Å². The van der Waals surface area contributed by atoms with E-state index in [1.165, 1.54) is 12.1 Å². The van der Waals surface area contributed by atoms with Gasteiger partial charge in [0, 0.05) is 31.2 Å². The van der Waals surface area contributed by atoms with Gasteiger partial charge in [0.15, 0.2) is 0 Å². The largest absolute Gasteiger partial charge is 0.385 e. The molecule has 0 unspecified atom stereocenters. The van der Waals surface area contributed by atoms with Crippen LogP contribution in [0.25, 0.3) is 0 Å². The van der Waals surface area contributed by atoms with Crippen molar-refractivity contribution in [3.8, 4) is 0 Å². The normalized spacial score (nSPS) is 14.1. The molecular weight excluding hydrogens is 342 g/mol. The Morgan fingerprint density at radius 1 is 0.650 bits per heavy atom. The van der Waals surface area contributed by atoms with Crippen molar-refractivity contribution in [1.82, 2.24) is 0 Å². The van der Waals surface area contributed by atoms with Crippen molar-refractivity contribution in [2.24, 2.45) is 0 Å². The molecule has 0 saturated heterocycles. The molecule has 106 valence electrons. The van der Waals surface area contributed by atoms with Gasteiger partial charge in [0.1, 0.15) is 12.2 Å². The highest BCUT2D eigenvalue weighted by Gasteiger charge is 2.24. The van der Waals surface area contributed by atoms with Crippen molar-refractivity contribution in [3.63, 3.8) is 0 Å². The Morgan fingerprint density at radius 3 is 1.30 bits per heavy atom. The summed E-state index contributed by atoms with van der Waals surface area (Å²) in [4.78, 5) is 0. The average Bonchev–Trinajstić information content (AvgIpc) is 2.37. The van der Waals surface area contributed by atoms with E-state index in [0.717, 1.165) is 0 Å². The van der Waals surface area contributed by atoms with Gasteiger partial charge >= 0.3 is 0 Å². The molecule has 0 aromatic heterocycles. The van der Waals surface area contributed by atoms with E-state index in [4.69, 9.17) is 46.4 Å². The van der Waals surface area contributed by atoms with E-state index in [-0.39, 0.29) is 10.0 Å². The molecule has 2 N–H and O–H groups in total. The summed E-state index contributed by atoms with van der Waals surface area (Å²) in [6, 6.07) is 9.28. The van der Waals surface area contributed by atoms with Gasteiger partial charge in [-0.2, -0.15) is 0 Å². The van der Waals surface area contributed by atoms with Crippen molar-refractivity contribution in [3.05, 3.63) is 67.6 Å². The lowest BCUT2D eigenvalue weighted by Crippen LogP contribution is -2.11. The maximum Gasteiger partial charge on any atom is 0.111 e. The average molecular weight is 352 g/mol. The van der Waals surface area contributed by atoms with Crippen LogP contribution in [0.15, 0.2) is 36.4 Å². The summed E-state index contributed by atoms with van der Waals surface area (Å²) in [5, 5.41) is 21.9. The molecule has 0 saturated carbocycles. The zero-order valence-electron chi connectivity index (χ0n) is 10.0. The predicted molar refractivity (Wildman–Crippen MR) is 82.8 cm³/mol. The summed E-state index contributed by atoms with van der Waals surface area (Å²) in [6.07, 6.45) is -2.45. The van der Waals surface area contributed by atoms with Crippen LogP contribution < -0.4 is 0 Å². The van der Waals surface area contributed by atoms with E-state index in [0.29, 0.717) is 21.2 Å². The van der Waals surface area contributed by atoms with Gasteiger partial charge in [-0.15, -0.1) is 0 Å². The number of hydrogen-bond acceptors (Lipinski definition) is 2. The van der Waals surface area contributed by atoms with E-state index in [2.05, 4.69) is 0 Å². The predicted octanol–water partition coefficient (Wildman–Crippen LogP) is 5.07. The van der Waals surface area contributed by atoms with Gasteiger partial charge in [0.05, 0.1) is 0 Å². The third-order valence-corrected chi connectivity index (χ3v) is 3.99. The van der Waals surface area contributed by atoms with Crippen LogP contribution in [0.1, 0.15) is 23.3 Å². The standard InChI is InChI=1S/C14H10Cl4O2/c15-7-1-3-9(11(17)5-7)13(19)14(20)10-4-2-8(16)6-12(10)18/h1-6,13-14,19-20H/t13-,14+. The Hall–Kier alpha value is -0.480. The smallest absolute Gasteiger partial charge is 0.111 e. The van der Waals surface area contributed by atoms with E-state index in [1.54, 1.807) is 24.3 Å². The first-order valence-electron chi connectivity index (χ1n) is 5.66. The van der Waals surface area contributed by atoms with Crippen LogP contribution in [-0.2, 0) is 0 Å². The summed E-state index contributed by atoms with van der Waals surface area (Å²) in [6.45, 7) is 0. The van der Waals surface area contributed by atoms with E-state index < -0.39 is 12.2 Å². The second kappa shape index (κ2) is 6.52. The number of rotatable bonds is 3. The fourth-order valence-corrected chi connectivity index (χ4v) is 2.86. The minimum Gasteiger partial charge on any atom is -0.385 e. The van der Waals surface area contributed by atoms with Gasteiger partial charge in [-0.3, -0.25) is 0 Å². The van der Waals surface area contributed by atoms with Crippen LogP contribution in [0.2, 0.25) is 20.1 Å². The lowest BCUT2D eigenvalue weighted by atomic mass is 9.98. The Bertz CT molecular complexity index is 575. The van der Waals surface area contributed by atoms with Gasteiger partial charge < -0.3 is 10.2 Å². The molecule has 0 aliphatic rings. The first-order valence-corrected chi connectivity index (χ1v) is 7.17. The Balaban J connectivity index is 2.34. The molecular formula is C14H10Cl4O2. The molecule has 0 aliphatic heterocycles. The maximum absolute atomic E-state index is 10.2. The minimum atomic E-state index is -1.22. The van der Waals surface area contributed by atoms with E-state index in [9.17, 15) is 10.2 Å². The second-order valence-corrected chi connectivity index (χ2v) is 5.91. The van der Waals surface area contributed by atoms with Gasteiger partial charge in [-0.1, -0.05) is 58.5 Å². The summed E-state index contributed by atoms with van der Waals surface area (Å²) in [5.41, 5.74) is 0.740. The van der Waals surface area contributed by atoms with Crippen LogP contribution >= 0.6 is 46.4 Å². The molecule has 2 nitrogen and oxygen atoms in total. The van der Waals surface area contributed by atoms with Crippen LogP contribution in [0.3, 0.4) is 0 Å². The van der Waals surface area contributed by atoms with Gasteiger partial charge in [0.25, 0.3) is 0 Å². The van der Waals surface area contributed by atoms with Crippen molar-refractivity contribution >= 4 is 46.4 Å². The van der Waals surface area contributed by atoms with E-state index in [1.807, 2.05) is 0 Å². The highest BCUT2D eigenvalue weighted by molar-refractivity contribution is 6.35. The zero-order valence-corrected chi connectivity index (χ0v) is 13.0. The van der Waals surface area contributed by atoms with Crippen molar-refractivity contribution in [2.45, 2.75) is 12.2 Å². The number of halogens is 4. The summed E-state index contributed by atoms with van der Waals surface area (Å²) in [5.74, 6) is 0. The number of aliphatic hydroxyl groups is 2. The molecule has 0 spiro atoms. The first-order chi connectivity index (χ1) is 9.40. The van der Waals surface area contributed by atoms with E-state index >= 15 is 0 Å². The molecule has 20 heavy (non-hydrogen) atoms. The molecule has 2 rings (SSSR count). The second-order valence-electron chi connectivity index (χ2n) is 4.22. The molecule has 0 amide bonds. The van der Waals surface area contributed by atoms with Crippen LogP contribution in [0, 0.1) is 0 Å². The highest BCUT2D eigenvalue weighted by Crippen LogP contribution is 2.37. The third-order valence-electron chi connectivity index (χ3n) is 2.86. The van der Waals surface area contributed by atoms with Gasteiger partial charge in [-0.05, 0) is 24.3 Å². The Morgan fingerprint density at radius 2 is 1.00 bits per heavy atom. The molecule has 2 atom stereocenters. The summed E-state index contributed by atoms with van der Waals surface area (Å²) in [7, 11) is 0. The lowest BCUT2D eigenvalue weighted by molar-refractivity contribution is 0.0174. The molecule has 6 heteroatoms. The zero-order chi connectivity index (χ0) is 14.9. The first kappa shape index (κ1) is 15.9. The molecule has 0 radical (unpaired) electrons. The molecule has 0 bridgehead atoms. The van der Waals surface area contributed by atoms with Crippen molar-refractivity contribution in [1.29, 1.82) is 0 Å². The number of hydrogen-bond donors (Lipinski definition) is 2. The van der Waals surface area contributed by atoms with Gasteiger partial charge in [-0.25, -0.2) is 0 Å². The molecule has 2 aromatic carbocycles. The van der Waals surface area contributed by atoms with Crippen LogP contribution in [-0.4, -0.2) is 10.2 Å². The highest BCUT2D eigenvalue weighted by atomic mass is 35.5. The SMILES string of the molecule is O[C@H](c1ccc(Cl)cc1Cl)[C@@H](O)c1ccc(Cl)cc1Cl. The van der Waals surface area contributed by atoms with Crippen molar-refractivity contribution in [2.75, 3.05) is 0 Å². The monoisotopic (exact) mass is 350 g/mol. The summed E-state index contributed by atoms with van der Waals surface area (Å²) >= 11 is 23.6. The fraction of sp³-hybridized carbons (Fsp3) is 0.143. The summed E-state index contributed by atoms with van der Waals surface area (Å²) < 4.78 is 0. The number of benzene rings is 2. The molecule has 2 aromatic rings. The molecule has 0 heterocycles. The van der Waals surface area contributed by atoms with Crippen LogP contribution in [0.5, 0.6) is 0 Å². The molecule has 0 fully saturated rings. The minimum absolute atomic E-state index is 0.272. The number of aliphatic hydroxyl groups excluding tert-OH is 2. The lowest BCUT2D eigenvalue weighted by Gasteiger charge is -2.20. The fourth-order valence-electron chi connectivity index (χ4n) is 1.82. The quantitative estimate of drug-likeness (QED) is 0.810. The third kappa shape index (κ3) is 3.40. The van der Waals surface area contributed by atoms with Crippen molar-refractivity contribution < 1.29 is 10.2 Å². The Kier molecular flexibility index (Phi) is 5.19. The molecule has 0 aliphatic carbocycles.